The number of ether oxygens (including phenoxy) is 2. The molecule has 5 nitrogen and oxygen atoms in total. The number of hydrogen-bond acceptors (Lipinski definition) is 4. The number of anilines is 2. The number of benzene rings is 2. The summed E-state index contributed by atoms with van der Waals surface area (Å²) in [6.07, 6.45) is 0. The van der Waals surface area contributed by atoms with E-state index in [0.29, 0.717) is 33.5 Å². The molecule has 3 N–H and O–H groups in total. The molecule has 3 rings (SSSR count). The van der Waals surface area contributed by atoms with E-state index in [-0.39, 0.29) is 12.7 Å². The molecular formula is C14H11ClN2O3. The van der Waals surface area contributed by atoms with Crippen LogP contribution in [0.4, 0.5) is 11.4 Å². The van der Waals surface area contributed by atoms with Crippen LogP contribution in [0, 0.1) is 0 Å². The Bertz CT molecular complexity index is 671. The number of nitrogen functional groups attached to an aromatic ring is 1. The largest absolute Gasteiger partial charge is 0.454 e. The van der Waals surface area contributed by atoms with Crippen molar-refractivity contribution < 1.29 is 14.3 Å². The molecule has 0 atom stereocenters. The summed E-state index contributed by atoms with van der Waals surface area (Å²) in [4.78, 5) is 12.1. The van der Waals surface area contributed by atoms with E-state index in [1.807, 2.05) is 0 Å². The van der Waals surface area contributed by atoms with E-state index in [9.17, 15) is 4.79 Å². The quantitative estimate of drug-likeness (QED) is 0.834. The molecule has 102 valence electrons. The van der Waals surface area contributed by atoms with Crippen LogP contribution < -0.4 is 20.5 Å². The van der Waals surface area contributed by atoms with E-state index in [4.69, 9.17) is 26.8 Å². The van der Waals surface area contributed by atoms with Gasteiger partial charge in [0, 0.05) is 22.7 Å². The molecule has 1 aliphatic heterocycles. The van der Waals surface area contributed by atoms with Crippen LogP contribution in [-0.2, 0) is 0 Å². The molecular weight excluding hydrogens is 280 g/mol. The summed E-state index contributed by atoms with van der Waals surface area (Å²) in [5, 5.41) is 3.31. The number of carbonyl (C=O) groups is 1. The Morgan fingerprint density at radius 3 is 2.50 bits per heavy atom. The van der Waals surface area contributed by atoms with E-state index in [2.05, 4.69) is 5.32 Å². The number of amides is 1. The van der Waals surface area contributed by atoms with Gasteiger partial charge in [0.2, 0.25) is 6.79 Å². The average molecular weight is 291 g/mol. The Kier molecular flexibility index (Phi) is 3.12. The molecule has 0 saturated heterocycles. The van der Waals surface area contributed by atoms with Crippen molar-refractivity contribution >= 4 is 28.9 Å². The third-order valence-corrected chi connectivity index (χ3v) is 3.15. The van der Waals surface area contributed by atoms with E-state index in [1.165, 1.54) is 0 Å². The molecule has 1 amide bonds. The van der Waals surface area contributed by atoms with Crippen LogP contribution in [0.5, 0.6) is 11.5 Å². The predicted molar refractivity (Wildman–Crippen MR) is 76.4 cm³/mol. The number of fused-ring (bicyclic) bond motifs is 1. The van der Waals surface area contributed by atoms with Crippen molar-refractivity contribution in [3.05, 3.63) is 47.0 Å². The first-order valence-corrected chi connectivity index (χ1v) is 6.27. The summed E-state index contributed by atoms with van der Waals surface area (Å²) in [7, 11) is 0. The summed E-state index contributed by atoms with van der Waals surface area (Å²) in [5.41, 5.74) is 7.26. The Labute approximate surface area is 120 Å². The van der Waals surface area contributed by atoms with Gasteiger partial charge in [-0.05, 0) is 24.3 Å². The second-order valence-electron chi connectivity index (χ2n) is 4.25. The number of rotatable bonds is 2. The zero-order valence-electron chi connectivity index (χ0n) is 10.4. The molecule has 0 saturated carbocycles. The van der Waals surface area contributed by atoms with E-state index >= 15 is 0 Å². The van der Waals surface area contributed by atoms with E-state index < -0.39 is 0 Å². The van der Waals surface area contributed by atoms with Gasteiger partial charge in [-0.2, -0.15) is 0 Å². The fourth-order valence-electron chi connectivity index (χ4n) is 1.86. The standard InChI is InChI=1S/C14H11ClN2O3/c15-9-3-1-8(2-4-9)14(18)17-11-6-13-12(5-10(11)16)19-7-20-13/h1-6H,7,16H2,(H,17,18). The lowest BCUT2D eigenvalue weighted by atomic mass is 10.2. The van der Waals surface area contributed by atoms with Crippen LogP contribution >= 0.6 is 11.6 Å². The first kappa shape index (κ1) is 12.6. The normalized spacial score (nSPS) is 12.2. The molecule has 0 fully saturated rings. The Morgan fingerprint density at radius 1 is 1.15 bits per heavy atom. The highest BCUT2D eigenvalue weighted by atomic mass is 35.5. The summed E-state index contributed by atoms with van der Waals surface area (Å²) < 4.78 is 10.5. The first-order chi connectivity index (χ1) is 9.63. The van der Waals surface area contributed by atoms with Crippen LogP contribution in [0.15, 0.2) is 36.4 Å². The van der Waals surface area contributed by atoms with Crippen molar-refractivity contribution in [2.45, 2.75) is 0 Å². The van der Waals surface area contributed by atoms with E-state index in [1.54, 1.807) is 36.4 Å². The van der Waals surface area contributed by atoms with Gasteiger partial charge in [-0.25, -0.2) is 0 Å². The Hall–Kier alpha value is -2.40. The fraction of sp³-hybridized carbons (Fsp3) is 0.0714. The van der Waals surface area contributed by atoms with Gasteiger partial charge in [0.05, 0.1) is 11.4 Å². The minimum atomic E-state index is -0.271. The molecule has 0 aromatic heterocycles. The molecule has 2 aromatic rings. The van der Waals surface area contributed by atoms with Crippen molar-refractivity contribution in [3.63, 3.8) is 0 Å². The molecule has 0 bridgehead atoms. The minimum Gasteiger partial charge on any atom is -0.454 e. The second kappa shape index (κ2) is 4.94. The summed E-state index contributed by atoms with van der Waals surface area (Å²) in [5.74, 6) is 0.866. The number of halogens is 1. The monoisotopic (exact) mass is 290 g/mol. The van der Waals surface area contributed by atoms with Crippen LogP contribution in [0.2, 0.25) is 5.02 Å². The third kappa shape index (κ3) is 2.35. The maximum absolute atomic E-state index is 12.1. The lowest BCUT2D eigenvalue weighted by molar-refractivity contribution is 0.102. The highest BCUT2D eigenvalue weighted by Gasteiger charge is 2.17. The van der Waals surface area contributed by atoms with Gasteiger partial charge in [0.15, 0.2) is 11.5 Å². The maximum Gasteiger partial charge on any atom is 0.255 e. The van der Waals surface area contributed by atoms with Gasteiger partial charge in [0.25, 0.3) is 5.91 Å². The van der Waals surface area contributed by atoms with Crippen molar-refractivity contribution in [1.82, 2.24) is 0 Å². The fourth-order valence-corrected chi connectivity index (χ4v) is 1.99. The smallest absolute Gasteiger partial charge is 0.255 e. The molecule has 2 aromatic carbocycles. The molecule has 0 unspecified atom stereocenters. The number of carbonyl (C=O) groups excluding carboxylic acids is 1. The first-order valence-electron chi connectivity index (χ1n) is 5.89. The number of nitrogens with one attached hydrogen (secondary N) is 1. The lowest BCUT2D eigenvalue weighted by Crippen LogP contribution is -2.13. The lowest BCUT2D eigenvalue weighted by Gasteiger charge is -2.09. The number of hydrogen-bond donors (Lipinski definition) is 2. The average Bonchev–Trinajstić information content (AvgIpc) is 2.87. The van der Waals surface area contributed by atoms with Gasteiger partial charge in [-0.3, -0.25) is 4.79 Å². The van der Waals surface area contributed by atoms with Gasteiger partial charge < -0.3 is 20.5 Å². The van der Waals surface area contributed by atoms with Gasteiger partial charge >= 0.3 is 0 Å². The molecule has 1 heterocycles. The molecule has 6 heteroatoms. The van der Waals surface area contributed by atoms with Crippen molar-refractivity contribution in [3.8, 4) is 11.5 Å². The van der Waals surface area contributed by atoms with Gasteiger partial charge in [-0.1, -0.05) is 11.6 Å². The highest BCUT2D eigenvalue weighted by molar-refractivity contribution is 6.30. The maximum atomic E-state index is 12.1. The Morgan fingerprint density at radius 2 is 1.80 bits per heavy atom. The van der Waals surface area contributed by atoms with Crippen molar-refractivity contribution in [2.75, 3.05) is 17.8 Å². The molecule has 1 aliphatic rings. The molecule has 20 heavy (non-hydrogen) atoms. The van der Waals surface area contributed by atoms with Crippen LogP contribution in [0.3, 0.4) is 0 Å². The Balaban J connectivity index is 1.84. The zero-order chi connectivity index (χ0) is 14.1. The molecule has 0 aliphatic carbocycles. The minimum absolute atomic E-state index is 0.156. The van der Waals surface area contributed by atoms with E-state index in [0.717, 1.165) is 0 Å². The third-order valence-electron chi connectivity index (χ3n) is 2.90. The van der Waals surface area contributed by atoms with Crippen LogP contribution in [0.25, 0.3) is 0 Å². The van der Waals surface area contributed by atoms with Crippen molar-refractivity contribution in [2.24, 2.45) is 0 Å². The summed E-state index contributed by atoms with van der Waals surface area (Å²) in [6.45, 7) is 0.156. The zero-order valence-corrected chi connectivity index (χ0v) is 11.1. The summed E-state index contributed by atoms with van der Waals surface area (Å²) in [6, 6.07) is 9.85. The molecule has 0 radical (unpaired) electrons. The van der Waals surface area contributed by atoms with Crippen molar-refractivity contribution in [1.29, 1.82) is 0 Å². The summed E-state index contributed by atoms with van der Waals surface area (Å²) >= 11 is 5.78. The highest BCUT2D eigenvalue weighted by Crippen LogP contribution is 2.38. The topological polar surface area (TPSA) is 73.6 Å². The SMILES string of the molecule is Nc1cc2c(cc1NC(=O)c1ccc(Cl)cc1)OCO2. The molecule has 0 spiro atoms. The van der Waals surface area contributed by atoms with Gasteiger partial charge in [0.1, 0.15) is 0 Å². The second-order valence-corrected chi connectivity index (χ2v) is 4.69. The van der Waals surface area contributed by atoms with Gasteiger partial charge in [-0.15, -0.1) is 0 Å². The predicted octanol–water partition coefficient (Wildman–Crippen LogP) is 2.90. The van der Waals surface area contributed by atoms with Crippen LogP contribution in [-0.4, -0.2) is 12.7 Å². The van der Waals surface area contributed by atoms with Crippen LogP contribution in [0.1, 0.15) is 10.4 Å². The number of nitrogens with two attached hydrogens (primary N) is 1.